The van der Waals surface area contributed by atoms with E-state index in [4.69, 9.17) is 20.7 Å². The van der Waals surface area contributed by atoms with Crippen LogP contribution in [0.15, 0.2) is 51.7 Å². The quantitative estimate of drug-likeness (QED) is 0.299. The summed E-state index contributed by atoms with van der Waals surface area (Å²) in [5, 5.41) is 14.5. The number of fused-ring (bicyclic) bond motifs is 2. The highest BCUT2D eigenvalue weighted by Gasteiger charge is 2.31. The summed E-state index contributed by atoms with van der Waals surface area (Å²) in [6, 6.07) is 12.2. The van der Waals surface area contributed by atoms with E-state index < -0.39 is 12.9 Å². The third-order valence-electron chi connectivity index (χ3n) is 6.94. The number of anilines is 1. The molecule has 1 aliphatic heterocycles. The largest absolute Gasteiger partial charge is 0.494 e. The molecule has 3 aromatic carbocycles. The lowest BCUT2D eigenvalue weighted by Crippen LogP contribution is -2.31. The average molecular weight is 520 g/mol. The Morgan fingerprint density at radius 1 is 1.11 bits per heavy atom. The second-order valence-corrected chi connectivity index (χ2v) is 10.5. The Hall–Kier alpha value is -3.13. The molecule has 0 spiro atoms. The van der Waals surface area contributed by atoms with E-state index in [0.29, 0.717) is 44.0 Å². The Labute approximate surface area is 220 Å². The molecule has 1 aliphatic rings. The van der Waals surface area contributed by atoms with E-state index in [9.17, 15) is 14.2 Å². The molecule has 0 aliphatic carbocycles. The molecule has 0 saturated heterocycles. The van der Waals surface area contributed by atoms with Crippen LogP contribution in [0.2, 0.25) is 5.02 Å². The van der Waals surface area contributed by atoms with Crippen molar-refractivity contribution in [2.75, 3.05) is 5.32 Å². The zero-order chi connectivity index (χ0) is 26.6. The molecule has 2 N–H and O–H groups in total. The molecule has 2 heterocycles. The van der Waals surface area contributed by atoms with E-state index in [-0.39, 0.29) is 29.5 Å². The Morgan fingerprint density at radius 2 is 1.86 bits per heavy atom. The molecule has 190 valence electrons. The minimum absolute atomic E-state index is 0.0210. The van der Waals surface area contributed by atoms with Crippen molar-refractivity contribution in [2.45, 2.75) is 53.2 Å². The summed E-state index contributed by atoms with van der Waals surface area (Å²) in [5.74, 6) is 0.217. The lowest BCUT2D eigenvalue weighted by molar-refractivity contribution is 0.275. The van der Waals surface area contributed by atoms with Crippen LogP contribution < -0.4 is 16.2 Å². The van der Waals surface area contributed by atoms with E-state index in [2.05, 4.69) is 5.32 Å². The van der Waals surface area contributed by atoms with E-state index in [1.54, 1.807) is 12.1 Å². The monoisotopic (exact) mass is 519 g/mol. The van der Waals surface area contributed by atoms with Gasteiger partial charge in [-0.1, -0.05) is 31.5 Å². The van der Waals surface area contributed by atoms with E-state index in [1.807, 2.05) is 58.9 Å². The Balaban J connectivity index is 1.61. The molecule has 1 atom stereocenters. The number of halogens is 2. The molecule has 5 nitrogen and oxygen atoms in total. The van der Waals surface area contributed by atoms with Crippen LogP contribution >= 0.6 is 11.6 Å². The van der Waals surface area contributed by atoms with Crippen molar-refractivity contribution in [2.24, 2.45) is 0 Å². The van der Waals surface area contributed by atoms with Crippen molar-refractivity contribution in [3.05, 3.63) is 91.5 Å². The van der Waals surface area contributed by atoms with Crippen LogP contribution in [-0.4, -0.2) is 12.1 Å². The standard InChI is InChI=1S/C29H28BClFNO4/c1-14(2)28-16(4)27(34)23-9-15(3)8-21(29(23)37-28)17(5)33-25-7-6-20(31)12-22(25)18-10-19-13-36-30(35)26(19)24(32)11-18/h6-12,14,17,33,35H,13H2,1-5H3. The molecular weight excluding hydrogens is 492 g/mol. The van der Waals surface area contributed by atoms with Crippen LogP contribution in [0.3, 0.4) is 0 Å². The lowest BCUT2D eigenvalue weighted by Gasteiger charge is -2.21. The van der Waals surface area contributed by atoms with E-state index in [1.165, 1.54) is 6.07 Å². The third kappa shape index (κ3) is 4.56. The molecule has 1 unspecified atom stereocenters. The first kappa shape index (κ1) is 25.5. The second kappa shape index (κ2) is 9.64. The predicted molar refractivity (Wildman–Crippen MR) is 147 cm³/mol. The maximum absolute atomic E-state index is 14.9. The van der Waals surface area contributed by atoms with Crippen LogP contribution in [0, 0.1) is 19.7 Å². The summed E-state index contributed by atoms with van der Waals surface area (Å²) < 4.78 is 26.5. The maximum atomic E-state index is 14.9. The minimum atomic E-state index is -1.26. The first-order valence-corrected chi connectivity index (χ1v) is 12.7. The van der Waals surface area contributed by atoms with E-state index in [0.717, 1.165) is 16.8 Å². The van der Waals surface area contributed by atoms with Crippen molar-refractivity contribution in [3.8, 4) is 11.1 Å². The van der Waals surface area contributed by atoms with Crippen molar-refractivity contribution >= 4 is 40.8 Å². The van der Waals surface area contributed by atoms with Gasteiger partial charge in [0.05, 0.1) is 18.0 Å². The van der Waals surface area contributed by atoms with Crippen LogP contribution in [0.1, 0.15) is 60.7 Å². The first-order valence-electron chi connectivity index (χ1n) is 12.3. The molecule has 0 saturated carbocycles. The van der Waals surface area contributed by atoms with Crippen LogP contribution in [-0.2, 0) is 11.3 Å². The molecule has 37 heavy (non-hydrogen) atoms. The molecule has 5 rings (SSSR count). The number of hydrogen-bond acceptors (Lipinski definition) is 5. The van der Waals surface area contributed by atoms with Gasteiger partial charge < -0.3 is 19.4 Å². The lowest BCUT2D eigenvalue weighted by atomic mass is 9.78. The first-order chi connectivity index (χ1) is 17.5. The fourth-order valence-electron chi connectivity index (χ4n) is 5.13. The molecule has 8 heteroatoms. The number of rotatable bonds is 5. The molecule has 4 aromatic rings. The number of nitrogens with one attached hydrogen (secondary N) is 1. The molecule has 1 aromatic heterocycles. The topological polar surface area (TPSA) is 71.7 Å². The normalized spacial score (nSPS) is 13.9. The third-order valence-corrected chi connectivity index (χ3v) is 7.18. The Morgan fingerprint density at radius 3 is 2.59 bits per heavy atom. The van der Waals surface area contributed by atoms with Crippen LogP contribution in [0.25, 0.3) is 22.1 Å². The minimum Gasteiger partial charge on any atom is -0.460 e. The summed E-state index contributed by atoms with van der Waals surface area (Å²) in [6.45, 7) is 9.91. The highest BCUT2D eigenvalue weighted by atomic mass is 35.5. The van der Waals surface area contributed by atoms with E-state index >= 15 is 0 Å². The van der Waals surface area contributed by atoms with Gasteiger partial charge in [0.25, 0.3) is 0 Å². The second-order valence-electron chi connectivity index (χ2n) is 10.1. The van der Waals surface area contributed by atoms with Crippen LogP contribution in [0.4, 0.5) is 10.1 Å². The summed E-state index contributed by atoms with van der Waals surface area (Å²) >= 11 is 6.34. The van der Waals surface area contributed by atoms with Gasteiger partial charge in [-0.25, -0.2) is 4.39 Å². The summed E-state index contributed by atoms with van der Waals surface area (Å²) in [7, 11) is -1.26. The maximum Gasteiger partial charge on any atom is 0.494 e. The van der Waals surface area contributed by atoms with Gasteiger partial charge in [0.1, 0.15) is 17.2 Å². The number of benzene rings is 3. The molecular formula is C29H28BClFNO4. The summed E-state index contributed by atoms with van der Waals surface area (Å²) in [6.07, 6.45) is 0. The zero-order valence-electron chi connectivity index (χ0n) is 21.4. The van der Waals surface area contributed by atoms with Gasteiger partial charge in [-0.3, -0.25) is 4.79 Å². The molecule has 0 fully saturated rings. The predicted octanol–water partition coefficient (Wildman–Crippen LogP) is 6.38. The Bertz CT molecular complexity index is 1600. The molecule has 0 bridgehead atoms. The number of aryl methyl sites for hydroxylation is 1. The SMILES string of the molecule is Cc1cc(C(C)Nc2ccc(Cl)cc2-c2cc(F)c3c(c2)COB3O)c2oc(C(C)C)c(C)c(=O)c2c1. The van der Waals surface area contributed by atoms with Crippen molar-refractivity contribution in [1.82, 2.24) is 0 Å². The van der Waals surface area contributed by atoms with Gasteiger partial charge >= 0.3 is 7.12 Å². The van der Waals surface area contributed by atoms with Gasteiger partial charge in [-0.15, -0.1) is 0 Å². The summed E-state index contributed by atoms with van der Waals surface area (Å²) in [5.41, 5.74) is 5.82. The highest BCUT2D eigenvalue weighted by Crippen LogP contribution is 2.36. The van der Waals surface area contributed by atoms with Crippen LogP contribution in [0.5, 0.6) is 0 Å². The van der Waals surface area contributed by atoms with Crippen molar-refractivity contribution in [1.29, 1.82) is 0 Å². The average Bonchev–Trinajstić information content (AvgIpc) is 3.23. The fraction of sp³-hybridized carbons (Fsp3) is 0.276. The highest BCUT2D eigenvalue weighted by molar-refractivity contribution is 6.61. The van der Waals surface area contributed by atoms with Crippen molar-refractivity contribution < 1.29 is 18.5 Å². The zero-order valence-corrected chi connectivity index (χ0v) is 22.2. The number of hydrogen-bond donors (Lipinski definition) is 2. The molecule has 0 amide bonds. The summed E-state index contributed by atoms with van der Waals surface area (Å²) in [4.78, 5) is 13.2. The van der Waals surface area contributed by atoms with Crippen molar-refractivity contribution in [3.63, 3.8) is 0 Å². The molecule has 0 radical (unpaired) electrons. The van der Waals surface area contributed by atoms with Gasteiger partial charge in [0.2, 0.25) is 0 Å². The fourth-order valence-corrected chi connectivity index (χ4v) is 5.30. The van der Waals surface area contributed by atoms with Gasteiger partial charge in [-0.2, -0.15) is 0 Å². The van der Waals surface area contributed by atoms with Gasteiger partial charge in [0, 0.05) is 38.8 Å². The van der Waals surface area contributed by atoms with Gasteiger partial charge in [-0.05, 0) is 73.9 Å². The smallest absolute Gasteiger partial charge is 0.460 e. The van der Waals surface area contributed by atoms with Gasteiger partial charge in [0.15, 0.2) is 5.43 Å². The Kier molecular flexibility index (Phi) is 6.65.